The van der Waals surface area contributed by atoms with E-state index in [1.165, 1.54) is 6.20 Å². The molecule has 196 valence electrons. The number of ether oxygens (including phenoxy) is 2. The molecule has 4 aromatic rings. The first-order valence-electron chi connectivity index (χ1n) is 12.1. The number of methoxy groups -OCH3 is 1. The van der Waals surface area contributed by atoms with E-state index in [0.717, 1.165) is 37.7 Å². The minimum atomic E-state index is -0.324. The third-order valence-electron chi connectivity index (χ3n) is 6.07. The number of aryl methyl sites for hydroxylation is 1. The van der Waals surface area contributed by atoms with E-state index < -0.39 is 0 Å². The SMILES string of the molecule is CNC(=O)c1cnc(Nc2ccc(N3CCOCC3)cc2)nc1Nc1cccc(-c2ncn(C)n2)c1OC. The van der Waals surface area contributed by atoms with E-state index >= 15 is 0 Å². The summed E-state index contributed by atoms with van der Waals surface area (Å²) in [5, 5.41) is 13.5. The van der Waals surface area contributed by atoms with Gasteiger partial charge in [0.1, 0.15) is 17.7 Å². The lowest BCUT2D eigenvalue weighted by atomic mass is 10.1. The molecule has 2 aromatic carbocycles. The van der Waals surface area contributed by atoms with Gasteiger partial charge in [0, 0.05) is 44.8 Å². The minimum absolute atomic E-state index is 0.282. The van der Waals surface area contributed by atoms with Crippen molar-refractivity contribution in [3.05, 3.63) is 60.6 Å². The fraction of sp³-hybridized carbons (Fsp3) is 0.269. The second-order valence-corrected chi connectivity index (χ2v) is 8.56. The molecule has 1 amide bonds. The Balaban J connectivity index is 1.43. The number of hydrogen-bond acceptors (Lipinski definition) is 10. The summed E-state index contributed by atoms with van der Waals surface area (Å²) in [5.41, 5.74) is 3.53. The predicted octanol–water partition coefficient (Wildman–Crippen LogP) is 2.96. The van der Waals surface area contributed by atoms with Crippen molar-refractivity contribution in [3.63, 3.8) is 0 Å². The molecule has 0 saturated carbocycles. The Morgan fingerprint density at radius 1 is 1.05 bits per heavy atom. The average molecular weight is 516 g/mol. The maximum absolute atomic E-state index is 12.6. The molecule has 0 bridgehead atoms. The number of nitrogens with one attached hydrogen (secondary N) is 3. The Morgan fingerprint density at radius 3 is 2.53 bits per heavy atom. The fourth-order valence-electron chi connectivity index (χ4n) is 4.17. The first-order valence-corrected chi connectivity index (χ1v) is 12.1. The molecule has 3 heterocycles. The first-order chi connectivity index (χ1) is 18.6. The van der Waals surface area contributed by atoms with Crippen LogP contribution in [-0.2, 0) is 11.8 Å². The molecule has 0 unspecified atom stereocenters. The monoisotopic (exact) mass is 515 g/mol. The van der Waals surface area contributed by atoms with Gasteiger partial charge in [-0.15, -0.1) is 0 Å². The molecule has 1 aliphatic rings. The second-order valence-electron chi connectivity index (χ2n) is 8.56. The minimum Gasteiger partial charge on any atom is -0.494 e. The van der Waals surface area contributed by atoms with Gasteiger partial charge >= 0.3 is 0 Å². The van der Waals surface area contributed by atoms with Crippen molar-refractivity contribution in [1.82, 2.24) is 30.0 Å². The topological polar surface area (TPSA) is 131 Å². The molecule has 12 heteroatoms. The number of morpholine rings is 1. The number of carbonyl (C=O) groups is 1. The number of rotatable bonds is 8. The van der Waals surface area contributed by atoms with Gasteiger partial charge in [0.15, 0.2) is 11.6 Å². The lowest BCUT2D eigenvalue weighted by Gasteiger charge is -2.28. The molecule has 38 heavy (non-hydrogen) atoms. The van der Waals surface area contributed by atoms with E-state index in [2.05, 4.69) is 40.9 Å². The number of aromatic nitrogens is 5. The molecular formula is C26H29N9O3. The Hall–Kier alpha value is -4.71. The van der Waals surface area contributed by atoms with Gasteiger partial charge in [-0.3, -0.25) is 9.48 Å². The molecule has 2 aromatic heterocycles. The van der Waals surface area contributed by atoms with Crippen molar-refractivity contribution in [2.45, 2.75) is 0 Å². The van der Waals surface area contributed by atoms with E-state index in [9.17, 15) is 4.79 Å². The van der Waals surface area contributed by atoms with E-state index in [1.54, 1.807) is 32.2 Å². The molecule has 0 spiro atoms. The van der Waals surface area contributed by atoms with Crippen LogP contribution in [0.2, 0.25) is 0 Å². The molecular weight excluding hydrogens is 486 g/mol. The van der Waals surface area contributed by atoms with Crippen molar-refractivity contribution in [2.75, 3.05) is 56.0 Å². The van der Waals surface area contributed by atoms with Crippen LogP contribution in [0.3, 0.4) is 0 Å². The fourth-order valence-corrected chi connectivity index (χ4v) is 4.17. The Kier molecular flexibility index (Phi) is 7.31. The predicted molar refractivity (Wildman–Crippen MR) is 144 cm³/mol. The van der Waals surface area contributed by atoms with Crippen LogP contribution in [0.25, 0.3) is 11.4 Å². The summed E-state index contributed by atoms with van der Waals surface area (Å²) in [5.74, 6) is 1.37. The van der Waals surface area contributed by atoms with E-state index in [0.29, 0.717) is 34.6 Å². The van der Waals surface area contributed by atoms with Crippen molar-refractivity contribution < 1.29 is 14.3 Å². The number of amides is 1. The molecule has 1 fully saturated rings. The van der Waals surface area contributed by atoms with Crippen LogP contribution in [0, 0.1) is 0 Å². The van der Waals surface area contributed by atoms with E-state index in [-0.39, 0.29) is 11.5 Å². The van der Waals surface area contributed by atoms with Crippen molar-refractivity contribution in [2.24, 2.45) is 7.05 Å². The molecule has 5 rings (SSSR count). The number of carbonyl (C=O) groups excluding carboxylic acids is 1. The number of benzene rings is 2. The Morgan fingerprint density at radius 2 is 1.84 bits per heavy atom. The molecule has 0 atom stereocenters. The number of para-hydroxylation sites is 1. The lowest BCUT2D eigenvalue weighted by molar-refractivity contribution is 0.0963. The van der Waals surface area contributed by atoms with Gasteiger partial charge in [-0.05, 0) is 36.4 Å². The quantitative estimate of drug-likeness (QED) is 0.322. The summed E-state index contributed by atoms with van der Waals surface area (Å²) in [7, 11) is 4.93. The molecule has 0 aliphatic carbocycles. The van der Waals surface area contributed by atoms with Crippen molar-refractivity contribution >= 4 is 34.7 Å². The smallest absolute Gasteiger partial charge is 0.256 e. The van der Waals surface area contributed by atoms with Gasteiger partial charge < -0.3 is 30.3 Å². The molecule has 3 N–H and O–H groups in total. The van der Waals surface area contributed by atoms with Gasteiger partial charge in [-0.25, -0.2) is 9.97 Å². The van der Waals surface area contributed by atoms with Crippen LogP contribution in [-0.4, -0.2) is 71.1 Å². The van der Waals surface area contributed by atoms with Crippen LogP contribution >= 0.6 is 0 Å². The van der Waals surface area contributed by atoms with Crippen LogP contribution in [0.15, 0.2) is 55.0 Å². The van der Waals surface area contributed by atoms with E-state index in [4.69, 9.17) is 9.47 Å². The molecule has 0 radical (unpaired) electrons. The van der Waals surface area contributed by atoms with Crippen LogP contribution < -0.4 is 25.6 Å². The molecule has 1 saturated heterocycles. The molecule has 12 nitrogen and oxygen atoms in total. The summed E-state index contributed by atoms with van der Waals surface area (Å²) in [4.78, 5) is 28.2. The summed E-state index contributed by atoms with van der Waals surface area (Å²) in [6.45, 7) is 3.20. The van der Waals surface area contributed by atoms with Crippen LogP contribution in [0.4, 0.5) is 28.8 Å². The van der Waals surface area contributed by atoms with E-state index in [1.807, 2.05) is 42.5 Å². The second kappa shape index (κ2) is 11.1. The van der Waals surface area contributed by atoms with Gasteiger partial charge in [0.25, 0.3) is 5.91 Å². The first kappa shape index (κ1) is 25.0. The van der Waals surface area contributed by atoms with Crippen molar-refractivity contribution in [3.8, 4) is 17.1 Å². The normalized spacial score (nSPS) is 13.2. The maximum atomic E-state index is 12.6. The summed E-state index contributed by atoms with van der Waals surface area (Å²) in [6, 6.07) is 13.6. The third-order valence-corrected chi connectivity index (χ3v) is 6.07. The summed E-state index contributed by atoms with van der Waals surface area (Å²) in [6.07, 6.45) is 3.10. The van der Waals surface area contributed by atoms with Gasteiger partial charge in [0.05, 0.1) is 31.6 Å². The zero-order chi connectivity index (χ0) is 26.5. The maximum Gasteiger partial charge on any atom is 0.256 e. The van der Waals surface area contributed by atoms with Crippen LogP contribution in [0.5, 0.6) is 5.75 Å². The highest BCUT2D eigenvalue weighted by Gasteiger charge is 2.19. The highest BCUT2D eigenvalue weighted by molar-refractivity contribution is 5.99. The van der Waals surface area contributed by atoms with Gasteiger partial charge in [-0.2, -0.15) is 10.1 Å². The van der Waals surface area contributed by atoms with Crippen molar-refractivity contribution in [1.29, 1.82) is 0 Å². The standard InChI is InChI=1S/C26H29N9O3/c1-27-25(36)20-15-28-26(30-17-7-9-18(10-8-17)35-11-13-38-14-12-35)32-24(20)31-21-6-4-5-19(22(21)37-3)23-29-16-34(2)33-23/h4-10,15-16H,11-14H2,1-3H3,(H,27,36)(H2,28,30,31,32). The zero-order valence-corrected chi connectivity index (χ0v) is 21.4. The Labute approximate surface area is 220 Å². The molecule has 1 aliphatic heterocycles. The van der Waals surface area contributed by atoms with Gasteiger partial charge in [0.2, 0.25) is 5.95 Å². The number of hydrogen-bond donors (Lipinski definition) is 3. The summed E-state index contributed by atoms with van der Waals surface area (Å²) >= 11 is 0. The highest BCUT2D eigenvalue weighted by atomic mass is 16.5. The van der Waals surface area contributed by atoms with Crippen LogP contribution in [0.1, 0.15) is 10.4 Å². The lowest BCUT2D eigenvalue weighted by Crippen LogP contribution is -2.36. The zero-order valence-electron chi connectivity index (χ0n) is 21.4. The third kappa shape index (κ3) is 5.34. The van der Waals surface area contributed by atoms with Gasteiger partial charge in [-0.1, -0.05) is 6.07 Å². The largest absolute Gasteiger partial charge is 0.494 e. The Bertz CT molecular complexity index is 1420. The highest BCUT2D eigenvalue weighted by Crippen LogP contribution is 2.36. The number of nitrogens with zero attached hydrogens (tertiary/aromatic N) is 6. The number of anilines is 5. The summed E-state index contributed by atoms with van der Waals surface area (Å²) < 4.78 is 12.8. The average Bonchev–Trinajstić information content (AvgIpc) is 3.39.